The lowest BCUT2D eigenvalue weighted by Crippen LogP contribution is -2.33. The van der Waals surface area contributed by atoms with E-state index in [1.54, 1.807) is 24.3 Å². The van der Waals surface area contributed by atoms with Crippen molar-refractivity contribution in [3.8, 4) is 5.75 Å². The zero-order chi connectivity index (χ0) is 22.3. The Morgan fingerprint density at radius 1 is 1.00 bits per heavy atom. The third-order valence-corrected chi connectivity index (χ3v) is 4.09. The highest BCUT2D eigenvalue weighted by molar-refractivity contribution is 5.98. The first-order valence-electron chi connectivity index (χ1n) is 8.61. The monoisotopic (exact) mass is 425 g/mol. The third kappa shape index (κ3) is 6.50. The van der Waals surface area contributed by atoms with Gasteiger partial charge in [-0.3, -0.25) is 9.59 Å². The van der Waals surface area contributed by atoms with Gasteiger partial charge in [-0.15, -0.1) is 0 Å². The lowest BCUT2D eigenvalue weighted by Gasteiger charge is -2.12. The minimum atomic E-state index is -4.48. The fraction of sp³-hybridized carbons (Fsp3) is 0.250. The molecule has 0 bridgehead atoms. The number of alkyl halides is 3. The van der Waals surface area contributed by atoms with Gasteiger partial charge in [0.05, 0.1) is 12.7 Å². The fourth-order valence-electron chi connectivity index (χ4n) is 2.45. The van der Waals surface area contributed by atoms with Crippen molar-refractivity contribution in [1.29, 1.82) is 0 Å². The molecule has 2 N–H and O–H groups in total. The maximum Gasteiger partial charge on any atom is 0.416 e. The molecule has 2 aromatic rings. The second-order valence-corrected chi connectivity index (χ2v) is 6.20. The van der Waals surface area contributed by atoms with E-state index in [1.807, 2.05) is 0 Å². The van der Waals surface area contributed by atoms with Gasteiger partial charge in [0, 0.05) is 6.54 Å². The summed E-state index contributed by atoms with van der Waals surface area (Å²) in [4.78, 5) is 35.2. The van der Waals surface area contributed by atoms with Crippen LogP contribution in [0.5, 0.6) is 5.75 Å². The summed E-state index contributed by atoms with van der Waals surface area (Å²) in [5, 5.41) is 11.5. The van der Waals surface area contributed by atoms with Gasteiger partial charge in [0.1, 0.15) is 5.75 Å². The molecule has 160 valence electrons. The highest BCUT2D eigenvalue weighted by Gasteiger charge is 2.31. The van der Waals surface area contributed by atoms with Crippen LogP contribution in [0.25, 0.3) is 0 Å². The van der Waals surface area contributed by atoms with Crippen LogP contribution in [0.3, 0.4) is 0 Å². The average molecular weight is 425 g/mol. The maximum absolute atomic E-state index is 12.5. The number of hydrogen-bond donors (Lipinski definition) is 2. The number of hydrogen-bond acceptors (Lipinski definition) is 5. The van der Waals surface area contributed by atoms with Crippen LogP contribution in [0.15, 0.2) is 48.5 Å². The van der Waals surface area contributed by atoms with Gasteiger partial charge < -0.3 is 19.9 Å². The number of methoxy groups -OCH3 is 1. The Morgan fingerprint density at radius 2 is 1.57 bits per heavy atom. The quantitative estimate of drug-likeness (QED) is 0.521. The maximum atomic E-state index is 12.5. The highest BCUT2D eigenvalue weighted by Crippen LogP contribution is 2.29. The first-order valence-corrected chi connectivity index (χ1v) is 8.61. The standard InChI is InChI=1S/C20H18F3NO6/c1-29-15-8-4-12(5-9-15)10-16(17(25)26)18(27)30-19(28)24-11-13-2-6-14(7-3-13)20(21,22)23/h2-9,16H,10-11H2,1H3,(H,24,28)(H,25,26). The summed E-state index contributed by atoms with van der Waals surface area (Å²) >= 11 is 0. The minimum absolute atomic E-state index is 0.204. The fourth-order valence-corrected chi connectivity index (χ4v) is 2.45. The molecule has 0 saturated heterocycles. The van der Waals surface area contributed by atoms with Crippen molar-refractivity contribution < 1.29 is 42.1 Å². The van der Waals surface area contributed by atoms with Gasteiger partial charge in [-0.05, 0) is 41.8 Å². The number of rotatable bonds is 7. The summed E-state index contributed by atoms with van der Waals surface area (Å²) in [5.74, 6) is -3.79. The van der Waals surface area contributed by atoms with Gasteiger partial charge in [-0.2, -0.15) is 13.2 Å². The van der Waals surface area contributed by atoms with Crippen LogP contribution in [0.2, 0.25) is 0 Å². The smallest absolute Gasteiger partial charge is 0.416 e. The number of ether oxygens (including phenoxy) is 2. The number of amides is 1. The van der Waals surface area contributed by atoms with E-state index in [-0.39, 0.29) is 13.0 Å². The lowest BCUT2D eigenvalue weighted by atomic mass is 9.99. The minimum Gasteiger partial charge on any atom is -0.497 e. The Morgan fingerprint density at radius 3 is 2.07 bits per heavy atom. The van der Waals surface area contributed by atoms with Crippen LogP contribution < -0.4 is 10.1 Å². The van der Waals surface area contributed by atoms with Crippen LogP contribution in [0.4, 0.5) is 18.0 Å². The Balaban J connectivity index is 1.91. The number of carbonyl (C=O) groups excluding carboxylic acids is 2. The van der Waals surface area contributed by atoms with E-state index in [2.05, 4.69) is 10.1 Å². The zero-order valence-electron chi connectivity index (χ0n) is 15.7. The highest BCUT2D eigenvalue weighted by atomic mass is 19.4. The first-order chi connectivity index (χ1) is 14.1. The van der Waals surface area contributed by atoms with E-state index in [0.29, 0.717) is 16.9 Å². The molecule has 2 aromatic carbocycles. The number of carboxylic acid groups (broad SMARTS) is 1. The Labute approximate surface area is 169 Å². The Kier molecular flexibility index (Phi) is 7.40. The topological polar surface area (TPSA) is 102 Å². The van der Waals surface area contributed by atoms with Crippen molar-refractivity contribution in [2.75, 3.05) is 7.11 Å². The van der Waals surface area contributed by atoms with Crippen LogP contribution in [0.1, 0.15) is 16.7 Å². The molecular weight excluding hydrogens is 407 g/mol. The largest absolute Gasteiger partial charge is 0.497 e. The van der Waals surface area contributed by atoms with Crippen molar-refractivity contribution in [3.05, 3.63) is 65.2 Å². The summed E-state index contributed by atoms with van der Waals surface area (Å²) in [5.41, 5.74) is 0.0116. The summed E-state index contributed by atoms with van der Waals surface area (Å²) in [6.07, 6.45) is -5.89. The van der Waals surface area contributed by atoms with Gasteiger partial charge in [0.15, 0.2) is 5.92 Å². The van der Waals surface area contributed by atoms with E-state index in [0.717, 1.165) is 24.3 Å². The van der Waals surface area contributed by atoms with Crippen molar-refractivity contribution in [2.24, 2.45) is 5.92 Å². The molecule has 0 aliphatic heterocycles. The molecule has 2 rings (SSSR count). The predicted octanol–water partition coefficient (Wildman–Crippen LogP) is 3.41. The molecule has 0 aliphatic carbocycles. The Hall–Kier alpha value is -3.56. The number of benzene rings is 2. The van der Waals surface area contributed by atoms with Crippen LogP contribution in [-0.4, -0.2) is 30.2 Å². The molecule has 0 saturated carbocycles. The van der Waals surface area contributed by atoms with Crippen LogP contribution in [-0.2, 0) is 33.5 Å². The van der Waals surface area contributed by atoms with Crippen LogP contribution in [0, 0.1) is 5.92 Å². The molecule has 0 radical (unpaired) electrons. The van der Waals surface area contributed by atoms with Gasteiger partial charge in [-0.25, -0.2) is 4.79 Å². The number of esters is 1. The third-order valence-electron chi connectivity index (χ3n) is 4.09. The van der Waals surface area contributed by atoms with Gasteiger partial charge in [0.2, 0.25) is 0 Å². The SMILES string of the molecule is COc1ccc(CC(C(=O)O)C(=O)OC(=O)NCc2ccc(C(F)(F)F)cc2)cc1. The molecule has 30 heavy (non-hydrogen) atoms. The van der Waals surface area contributed by atoms with E-state index >= 15 is 0 Å². The normalized spacial score (nSPS) is 12.0. The molecule has 0 fully saturated rings. The molecule has 1 amide bonds. The van der Waals surface area contributed by atoms with E-state index < -0.39 is 35.7 Å². The number of alkyl carbamates (subject to hydrolysis) is 1. The molecule has 0 aliphatic rings. The number of aliphatic carboxylic acids is 1. The van der Waals surface area contributed by atoms with E-state index in [1.165, 1.54) is 7.11 Å². The predicted molar refractivity (Wildman–Crippen MR) is 97.6 cm³/mol. The lowest BCUT2D eigenvalue weighted by molar-refractivity contribution is -0.154. The molecule has 1 unspecified atom stereocenters. The van der Waals surface area contributed by atoms with Gasteiger partial charge in [-0.1, -0.05) is 24.3 Å². The van der Waals surface area contributed by atoms with Gasteiger partial charge in [0.25, 0.3) is 0 Å². The molecule has 0 spiro atoms. The number of halogens is 3. The molecule has 7 nitrogen and oxygen atoms in total. The Bertz CT molecular complexity index is 894. The molecule has 0 aromatic heterocycles. The number of carbonyl (C=O) groups is 3. The first kappa shape index (κ1) is 22.7. The van der Waals surface area contributed by atoms with Crippen molar-refractivity contribution >= 4 is 18.0 Å². The zero-order valence-corrected chi connectivity index (χ0v) is 15.7. The van der Waals surface area contributed by atoms with E-state index in [9.17, 15) is 32.7 Å². The average Bonchev–Trinajstić information content (AvgIpc) is 2.70. The second kappa shape index (κ2) is 9.77. The van der Waals surface area contributed by atoms with Crippen molar-refractivity contribution in [1.82, 2.24) is 5.32 Å². The summed E-state index contributed by atoms with van der Waals surface area (Å²) in [6.45, 7) is -0.208. The number of nitrogens with one attached hydrogen (secondary N) is 1. The summed E-state index contributed by atoms with van der Waals surface area (Å²) < 4.78 is 47.1. The summed E-state index contributed by atoms with van der Waals surface area (Å²) in [6, 6.07) is 10.4. The molecule has 10 heteroatoms. The van der Waals surface area contributed by atoms with Crippen molar-refractivity contribution in [2.45, 2.75) is 19.1 Å². The van der Waals surface area contributed by atoms with Gasteiger partial charge >= 0.3 is 24.2 Å². The van der Waals surface area contributed by atoms with Crippen LogP contribution >= 0.6 is 0 Å². The van der Waals surface area contributed by atoms with E-state index in [4.69, 9.17) is 4.74 Å². The molecular formula is C20H18F3NO6. The molecule has 1 atom stereocenters. The molecule has 0 heterocycles. The summed E-state index contributed by atoms with van der Waals surface area (Å²) in [7, 11) is 1.47. The van der Waals surface area contributed by atoms with Crippen molar-refractivity contribution in [3.63, 3.8) is 0 Å². The second-order valence-electron chi connectivity index (χ2n) is 6.20. The number of carboxylic acids is 1.